The molecule has 0 aliphatic carbocycles. The third-order valence-electron chi connectivity index (χ3n) is 5.74. The van der Waals surface area contributed by atoms with Crippen molar-refractivity contribution in [3.8, 4) is 5.75 Å². The molecule has 1 unspecified atom stereocenters. The van der Waals surface area contributed by atoms with Gasteiger partial charge in [0.1, 0.15) is 5.75 Å². The van der Waals surface area contributed by atoms with Crippen molar-refractivity contribution in [1.82, 2.24) is 4.90 Å². The van der Waals surface area contributed by atoms with Gasteiger partial charge in [-0.25, -0.2) is 0 Å². The fourth-order valence-electron chi connectivity index (χ4n) is 4.17. The Kier molecular flexibility index (Phi) is 8.32. The van der Waals surface area contributed by atoms with Gasteiger partial charge in [-0.15, -0.1) is 0 Å². The van der Waals surface area contributed by atoms with E-state index in [4.69, 9.17) is 32.1 Å². The summed E-state index contributed by atoms with van der Waals surface area (Å²) >= 11 is 12.4. The molecule has 2 aromatic rings. The standard InChI is InChI=1S/C24H29Cl2NO5S/c1-17(2)32-20-6-4-5-18(13-20)14-23(28)27-11-9-24(16-27,10-12-31-33(3,29)30)19-7-8-21(25)22(26)15-19/h4-8,13,15,17H,9-12,14,16H2,1-3H3. The Hall–Kier alpha value is -1.80. The van der Waals surface area contributed by atoms with Crippen molar-refractivity contribution in [2.75, 3.05) is 26.0 Å². The van der Waals surface area contributed by atoms with Crippen LogP contribution in [0.1, 0.15) is 37.8 Å². The molecule has 0 aromatic heterocycles. The largest absolute Gasteiger partial charge is 0.491 e. The summed E-state index contributed by atoms with van der Waals surface area (Å²) in [7, 11) is -3.56. The van der Waals surface area contributed by atoms with E-state index in [1.807, 2.05) is 49.1 Å². The van der Waals surface area contributed by atoms with E-state index in [9.17, 15) is 13.2 Å². The molecule has 2 aromatic carbocycles. The van der Waals surface area contributed by atoms with Crippen molar-refractivity contribution < 1.29 is 22.1 Å². The summed E-state index contributed by atoms with van der Waals surface area (Å²) in [6, 6.07) is 13.0. The molecule has 0 saturated carbocycles. The molecule has 0 bridgehead atoms. The second kappa shape index (κ2) is 10.6. The summed E-state index contributed by atoms with van der Waals surface area (Å²) in [4.78, 5) is 15.0. The predicted molar refractivity (Wildman–Crippen MR) is 131 cm³/mol. The Morgan fingerprint density at radius 2 is 1.91 bits per heavy atom. The number of nitrogens with zero attached hydrogens (tertiary/aromatic N) is 1. The molecular formula is C24H29Cl2NO5S. The van der Waals surface area contributed by atoms with Crippen LogP contribution in [0.4, 0.5) is 0 Å². The molecule has 1 amide bonds. The van der Waals surface area contributed by atoms with Crippen LogP contribution >= 0.6 is 23.2 Å². The highest BCUT2D eigenvalue weighted by Gasteiger charge is 2.41. The lowest BCUT2D eigenvalue weighted by Crippen LogP contribution is -2.36. The molecule has 1 aliphatic rings. The van der Waals surface area contributed by atoms with Crippen LogP contribution in [0, 0.1) is 0 Å². The molecule has 0 N–H and O–H groups in total. The minimum absolute atomic E-state index is 0.00247. The van der Waals surface area contributed by atoms with Gasteiger partial charge in [-0.1, -0.05) is 41.4 Å². The first-order valence-corrected chi connectivity index (χ1v) is 13.4. The molecule has 3 rings (SSSR count). The number of amides is 1. The molecule has 9 heteroatoms. The van der Waals surface area contributed by atoms with Gasteiger partial charge in [-0.2, -0.15) is 8.42 Å². The van der Waals surface area contributed by atoms with Crippen LogP contribution in [0.15, 0.2) is 42.5 Å². The summed E-state index contributed by atoms with van der Waals surface area (Å²) in [6.45, 7) is 4.94. The fraction of sp³-hybridized carbons (Fsp3) is 0.458. The van der Waals surface area contributed by atoms with E-state index < -0.39 is 15.5 Å². The van der Waals surface area contributed by atoms with Crippen molar-refractivity contribution in [2.24, 2.45) is 0 Å². The molecule has 1 saturated heterocycles. The second-order valence-electron chi connectivity index (χ2n) is 8.74. The van der Waals surface area contributed by atoms with Crippen LogP contribution < -0.4 is 4.74 Å². The molecule has 1 fully saturated rings. The zero-order valence-electron chi connectivity index (χ0n) is 19.0. The number of likely N-dealkylation sites (tertiary alicyclic amines) is 1. The number of hydrogen-bond donors (Lipinski definition) is 0. The third-order valence-corrected chi connectivity index (χ3v) is 7.08. The number of halogens is 2. The summed E-state index contributed by atoms with van der Waals surface area (Å²) in [6.07, 6.45) is 2.43. The van der Waals surface area contributed by atoms with Crippen molar-refractivity contribution in [2.45, 2.75) is 44.6 Å². The lowest BCUT2D eigenvalue weighted by atomic mass is 9.77. The molecule has 0 radical (unpaired) electrons. The Morgan fingerprint density at radius 1 is 1.15 bits per heavy atom. The molecule has 1 aliphatic heterocycles. The Morgan fingerprint density at radius 3 is 2.58 bits per heavy atom. The normalized spacial score (nSPS) is 18.7. The maximum absolute atomic E-state index is 13.1. The van der Waals surface area contributed by atoms with Crippen LogP contribution in [0.5, 0.6) is 5.75 Å². The molecule has 6 nitrogen and oxygen atoms in total. The highest BCUT2D eigenvalue weighted by molar-refractivity contribution is 7.85. The number of benzene rings is 2. The van der Waals surface area contributed by atoms with Gasteiger partial charge in [0.25, 0.3) is 10.1 Å². The first-order chi connectivity index (χ1) is 15.5. The Bertz CT molecular complexity index is 1110. The van der Waals surface area contributed by atoms with Gasteiger partial charge in [-0.3, -0.25) is 8.98 Å². The fourth-order valence-corrected chi connectivity index (χ4v) is 4.86. The molecule has 33 heavy (non-hydrogen) atoms. The van der Waals surface area contributed by atoms with E-state index in [2.05, 4.69) is 0 Å². The molecule has 0 spiro atoms. The van der Waals surface area contributed by atoms with E-state index in [1.165, 1.54) is 0 Å². The van der Waals surface area contributed by atoms with Gasteiger partial charge < -0.3 is 9.64 Å². The Labute approximate surface area is 205 Å². The van der Waals surface area contributed by atoms with Crippen molar-refractivity contribution in [3.63, 3.8) is 0 Å². The topological polar surface area (TPSA) is 72.9 Å². The summed E-state index contributed by atoms with van der Waals surface area (Å²) < 4.78 is 33.7. The predicted octanol–water partition coefficient (Wildman–Crippen LogP) is 4.86. The lowest BCUT2D eigenvalue weighted by molar-refractivity contribution is -0.129. The van der Waals surface area contributed by atoms with Gasteiger partial charge in [0.15, 0.2) is 0 Å². The van der Waals surface area contributed by atoms with E-state index >= 15 is 0 Å². The van der Waals surface area contributed by atoms with Crippen LogP contribution in [-0.2, 0) is 30.9 Å². The van der Waals surface area contributed by atoms with E-state index in [-0.39, 0.29) is 25.0 Å². The van der Waals surface area contributed by atoms with Gasteiger partial charge in [0.05, 0.1) is 35.4 Å². The van der Waals surface area contributed by atoms with Gasteiger partial charge in [0, 0.05) is 18.5 Å². The maximum atomic E-state index is 13.1. The summed E-state index contributed by atoms with van der Waals surface area (Å²) in [5, 5.41) is 0.863. The zero-order chi connectivity index (χ0) is 24.2. The summed E-state index contributed by atoms with van der Waals surface area (Å²) in [5.41, 5.74) is 1.32. The highest BCUT2D eigenvalue weighted by atomic mass is 35.5. The molecule has 1 atom stereocenters. The first kappa shape index (κ1) is 25.8. The average molecular weight is 514 g/mol. The van der Waals surface area contributed by atoms with E-state index in [1.54, 1.807) is 12.1 Å². The van der Waals surface area contributed by atoms with Crippen LogP contribution in [0.25, 0.3) is 0 Å². The minimum Gasteiger partial charge on any atom is -0.491 e. The monoisotopic (exact) mass is 513 g/mol. The first-order valence-electron chi connectivity index (χ1n) is 10.8. The SMILES string of the molecule is CC(C)Oc1cccc(CC(=O)N2CCC(CCOS(C)(=O)=O)(c3ccc(Cl)c(Cl)c3)C2)c1. The average Bonchev–Trinajstić information content (AvgIpc) is 3.14. The van der Waals surface area contributed by atoms with Crippen molar-refractivity contribution in [1.29, 1.82) is 0 Å². The maximum Gasteiger partial charge on any atom is 0.264 e. The third kappa shape index (κ3) is 7.09. The number of ether oxygens (including phenoxy) is 1. The van der Waals surface area contributed by atoms with Gasteiger partial charge in [-0.05, 0) is 62.1 Å². The summed E-state index contributed by atoms with van der Waals surface area (Å²) in [5.74, 6) is 0.738. The number of rotatable bonds is 9. The smallest absolute Gasteiger partial charge is 0.264 e. The van der Waals surface area contributed by atoms with Gasteiger partial charge >= 0.3 is 0 Å². The van der Waals surface area contributed by atoms with Gasteiger partial charge in [0.2, 0.25) is 5.91 Å². The van der Waals surface area contributed by atoms with Crippen LogP contribution in [-0.4, -0.2) is 51.3 Å². The lowest BCUT2D eigenvalue weighted by Gasteiger charge is -2.30. The van der Waals surface area contributed by atoms with Crippen LogP contribution in [0.2, 0.25) is 10.0 Å². The van der Waals surface area contributed by atoms with Crippen molar-refractivity contribution >= 4 is 39.2 Å². The Balaban J connectivity index is 1.77. The van der Waals surface area contributed by atoms with E-state index in [0.717, 1.165) is 23.1 Å². The zero-order valence-corrected chi connectivity index (χ0v) is 21.3. The van der Waals surface area contributed by atoms with Crippen molar-refractivity contribution in [3.05, 3.63) is 63.6 Å². The quantitative estimate of drug-likeness (QED) is 0.447. The molecular weight excluding hydrogens is 485 g/mol. The molecule has 1 heterocycles. The van der Waals surface area contributed by atoms with E-state index in [0.29, 0.717) is 36.0 Å². The number of carbonyl (C=O) groups is 1. The number of hydrogen-bond acceptors (Lipinski definition) is 5. The second-order valence-corrected chi connectivity index (χ2v) is 11.2. The molecule has 180 valence electrons. The van der Waals surface area contributed by atoms with Crippen LogP contribution in [0.3, 0.4) is 0 Å². The number of carbonyl (C=O) groups excluding carboxylic acids is 1. The minimum atomic E-state index is -3.56. The highest BCUT2D eigenvalue weighted by Crippen LogP contribution is 2.40.